The van der Waals surface area contributed by atoms with Crippen LogP contribution in [0.2, 0.25) is 5.02 Å². The van der Waals surface area contributed by atoms with Gasteiger partial charge in [0.1, 0.15) is 11.5 Å². The molecule has 1 aromatic heterocycles. The van der Waals surface area contributed by atoms with Gasteiger partial charge in [0.2, 0.25) is 0 Å². The fraction of sp³-hybridized carbons (Fsp3) is 0. The number of halogens is 1. The second kappa shape index (κ2) is 5.16. The molecule has 0 atom stereocenters. The highest BCUT2D eigenvalue weighted by Gasteiger charge is 2.04. The molecule has 0 bridgehead atoms. The number of rotatable bonds is 3. The molecule has 0 aliphatic carbocycles. The van der Waals surface area contributed by atoms with Crippen LogP contribution in [0.4, 0.5) is 0 Å². The van der Waals surface area contributed by atoms with Crippen molar-refractivity contribution in [1.29, 1.82) is 5.41 Å². The Bertz CT molecular complexity index is 559. The normalized spacial score (nSPS) is 10.2. The summed E-state index contributed by atoms with van der Waals surface area (Å²) in [5, 5.41) is 8.51. The molecule has 1 heterocycles. The minimum absolute atomic E-state index is 0.0691. The lowest BCUT2D eigenvalue weighted by molar-refractivity contribution is 0.954. The molecule has 4 nitrogen and oxygen atoms in total. The summed E-state index contributed by atoms with van der Waals surface area (Å²) in [7, 11) is 0. The fourth-order valence-electron chi connectivity index (χ4n) is 1.18. The second-order valence-electron chi connectivity index (χ2n) is 3.20. The maximum absolute atomic E-state index is 7.30. The van der Waals surface area contributed by atoms with Crippen LogP contribution in [0.25, 0.3) is 0 Å². The molecule has 6 heteroatoms. The number of amidine groups is 1. The highest BCUT2D eigenvalue weighted by molar-refractivity contribution is 7.99. The number of hydrogen-bond acceptors (Lipinski definition) is 4. The first-order chi connectivity index (χ1) is 8.15. The van der Waals surface area contributed by atoms with E-state index in [0.717, 1.165) is 4.90 Å². The lowest BCUT2D eigenvalue weighted by Crippen LogP contribution is -2.13. The molecule has 2 aromatic rings. The van der Waals surface area contributed by atoms with Gasteiger partial charge in [-0.15, -0.1) is 0 Å². The highest BCUT2D eigenvalue weighted by Crippen LogP contribution is 2.26. The van der Waals surface area contributed by atoms with E-state index in [9.17, 15) is 0 Å². The summed E-state index contributed by atoms with van der Waals surface area (Å²) >= 11 is 7.26. The van der Waals surface area contributed by atoms with E-state index < -0.39 is 0 Å². The Morgan fingerprint density at radius 1 is 1.35 bits per heavy atom. The van der Waals surface area contributed by atoms with Gasteiger partial charge in [-0.1, -0.05) is 17.7 Å². The predicted molar refractivity (Wildman–Crippen MR) is 68.6 cm³/mol. The van der Waals surface area contributed by atoms with Gasteiger partial charge in [-0.05, 0) is 36.0 Å². The van der Waals surface area contributed by atoms with Crippen molar-refractivity contribution in [3.8, 4) is 0 Å². The van der Waals surface area contributed by atoms with Crippen molar-refractivity contribution in [2.75, 3.05) is 0 Å². The summed E-state index contributed by atoms with van der Waals surface area (Å²) in [5.41, 5.74) is 5.78. The van der Waals surface area contributed by atoms with Gasteiger partial charge in [0.05, 0.1) is 0 Å². The molecule has 86 valence electrons. The zero-order valence-corrected chi connectivity index (χ0v) is 10.3. The van der Waals surface area contributed by atoms with Crippen molar-refractivity contribution in [3.63, 3.8) is 0 Å². The van der Waals surface area contributed by atoms with Crippen molar-refractivity contribution in [3.05, 3.63) is 47.2 Å². The smallest absolute Gasteiger partial charge is 0.193 e. The summed E-state index contributed by atoms with van der Waals surface area (Å²) in [6.45, 7) is 0. The molecule has 0 saturated carbocycles. The van der Waals surface area contributed by atoms with E-state index in [4.69, 9.17) is 22.7 Å². The topological polar surface area (TPSA) is 75.7 Å². The van der Waals surface area contributed by atoms with E-state index in [1.54, 1.807) is 18.3 Å². The molecular formula is C11H9ClN4S. The summed E-state index contributed by atoms with van der Waals surface area (Å²) < 4.78 is 0. The third-order valence-corrected chi connectivity index (χ3v) is 3.02. The number of aromatic nitrogens is 2. The van der Waals surface area contributed by atoms with E-state index in [-0.39, 0.29) is 5.84 Å². The minimum Gasteiger partial charge on any atom is -0.382 e. The number of hydrogen-bond donors (Lipinski definition) is 2. The first-order valence-electron chi connectivity index (χ1n) is 4.76. The number of nitrogen functional groups attached to an aromatic ring is 1. The van der Waals surface area contributed by atoms with Crippen LogP contribution in [0.3, 0.4) is 0 Å². The van der Waals surface area contributed by atoms with E-state index in [0.29, 0.717) is 15.9 Å². The van der Waals surface area contributed by atoms with Crippen molar-refractivity contribution in [2.45, 2.75) is 10.1 Å². The molecule has 0 aliphatic rings. The van der Waals surface area contributed by atoms with Crippen LogP contribution < -0.4 is 5.73 Å². The van der Waals surface area contributed by atoms with E-state index in [1.165, 1.54) is 11.8 Å². The summed E-state index contributed by atoms with van der Waals surface area (Å²) in [5.74, 6) is -0.0691. The van der Waals surface area contributed by atoms with Crippen molar-refractivity contribution >= 4 is 29.2 Å². The summed E-state index contributed by atoms with van der Waals surface area (Å²) in [6, 6.07) is 9.01. The van der Waals surface area contributed by atoms with Crippen LogP contribution in [0.5, 0.6) is 0 Å². The molecule has 0 radical (unpaired) electrons. The molecule has 1 aromatic carbocycles. The third-order valence-electron chi connectivity index (χ3n) is 1.91. The molecule has 0 aliphatic heterocycles. The number of benzene rings is 1. The quantitative estimate of drug-likeness (QED) is 0.508. The van der Waals surface area contributed by atoms with Crippen LogP contribution in [-0.4, -0.2) is 15.8 Å². The van der Waals surface area contributed by atoms with Crippen molar-refractivity contribution in [1.82, 2.24) is 9.97 Å². The Morgan fingerprint density at radius 2 is 2.18 bits per heavy atom. The van der Waals surface area contributed by atoms with E-state index in [2.05, 4.69) is 9.97 Å². The fourth-order valence-corrected chi connectivity index (χ4v) is 2.23. The molecule has 3 N–H and O–H groups in total. The number of nitrogens with one attached hydrogen (secondary N) is 1. The first-order valence-corrected chi connectivity index (χ1v) is 5.95. The average Bonchev–Trinajstić information content (AvgIpc) is 2.29. The predicted octanol–water partition coefficient (Wildman–Crippen LogP) is 2.57. The average molecular weight is 265 g/mol. The maximum atomic E-state index is 7.30. The molecule has 0 fully saturated rings. The molecule has 0 saturated heterocycles. The molecule has 2 rings (SSSR count). The first kappa shape index (κ1) is 11.9. The molecule has 0 spiro atoms. The lowest BCUT2D eigenvalue weighted by Gasteiger charge is -2.02. The standard InChI is InChI=1S/C11H9ClN4S/c12-7-2-1-3-8(6-7)17-11-15-5-4-9(16-11)10(13)14/h1-6H,(H3,13,14). The van der Waals surface area contributed by atoms with Crippen LogP contribution in [0.1, 0.15) is 5.69 Å². The SMILES string of the molecule is N=C(N)c1ccnc(Sc2cccc(Cl)c2)n1. The Balaban J connectivity index is 2.24. The number of nitrogens with zero attached hydrogens (tertiary/aromatic N) is 2. The summed E-state index contributed by atoms with van der Waals surface area (Å²) in [4.78, 5) is 9.20. The minimum atomic E-state index is -0.0691. The Labute approximate surface area is 108 Å². The highest BCUT2D eigenvalue weighted by atomic mass is 35.5. The summed E-state index contributed by atoms with van der Waals surface area (Å²) in [6.07, 6.45) is 1.58. The number of nitrogens with two attached hydrogens (primary N) is 1. The zero-order chi connectivity index (χ0) is 12.3. The Hall–Kier alpha value is -1.59. The van der Waals surface area contributed by atoms with Crippen molar-refractivity contribution < 1.29 is 0 Å². The Morgan fingerprint density at radius 3 is 2.88 bits per heavy atom. The second-order valence-corrected chi connectivity index (χ2v) is 4.67. The van der Waals surface area contributed by atoms with Gasteiger partial charge in [-0.2, -0.15) is 0 Å². The van der Waals surface area contributed by atoms with Crippen LogP contribution in [0.15, 0.2) is 46.6 Å². The largest absolute Gasteiger partial charge is 0.382 e. The van der Waals surface area contributed by atoms with Crippen LogP contribution in [-0.2, 0) is 0 Å². The van der Waals surface area contributed by atoms with Gasteiger partial charge in [-0.3, -0.25) is 5.41 Å². The Kier molecular flexibility index (Phi) is 3.61. The van der Waals surface area contributed by atoms with Gasteiger partial charge in [-0.25, -0.2) is 9.97 Å². The van der Waals surface area contributed by atoms with Crippen LogP contribution in [0, 0.1) is 5.41 Å². The van der Waals surface area contributed by atoms with Gasteiger partial charge >= 0.3 is 0 Å². The molecule has 0 amide bonds. The third kappa shape index (κ3) is 3.18. The van der Waals surface area contributed by atoms with Gasteiger partial charge in [0.25, 0.3) is 0 Å². The van der Waals surface area contributed by atoms with Gasteiger partial charge in [0.15, 0.2) is 5.16 Å². The molecular weight excluding hydrogens is 256 g/mol. The molecule has 17 heavy (non-hydrogen) atoms. The maximum Gasteiger partial charge on any atom is 0.193 e. The van der Waals surface area contributed by atoms with Crippen molar-refractivity contribution in [2.24, 2.45) is 5.73 Å². The van der Waals surface area contributed by atoms with Crippen LogP contribution >= 0.6 is 23.4 Å². The monoisotopic (exact) mass is 264 g/mol. The van der Waals surface area contributed by atoms with Gasteiger partial charge < -0.3 is 5.73 Å². The van der Waals surface area contributed by atoms with Gasteiger partial charge in [0, 0.05) is 16.1 Å². The lowest BCUT2D eigenvalue weighted by atomic mass is 10.4. The van der Waals surface area contributed by atoms with E-state index in [1.807, 2.05) is 18.2 Å². The van der Waals surface area contributed by atoms with E-state index >= 15 is 0 Å². The molecule has 0 unspecified atom stereocenters. The zero-order valence-electron chi connectivity index (χ0n) is 8.72.